The Kier molecular flexibility index (Phi) is 4.93. The number of hydrogen-bond donors (Lipinski definition) is 2. The van der Waals surface area contributed by atoms with Crippen molar-refractivity contribution in [1.29, 1.82) is 0 Å². The Balaban J connectivity index is 1.54. The third-order valence-electron chi connectivity index (χ3n) is 3.23. The molecule has 0 spiro atoms. The van der Waals surface area contributed by atoms with Crippen LogP contribution in [0.2, 0.25) is 0 Å². The lowest BCUT2D eigenvalue weighted by Crippen LogP contribution is -2.32. The third kappa shape index (κ3) is 4.02. The summed E-state index contributed by atoms with van der Waals surface area (Å²) in [5.41, 5.74) is 4.66. The molecule has 120 valence electrons. The van der Waals surface area contributed by atoms with Crippen LogP contribution >= 0.6 is 11.3 Å². The predicted molar refractivity (Wildman–Crippen MR) is 92.7 cm³/mol. The molecule has 0 bridgehead atoms. The number of rotatable bonds is 5. The minimum Gasteiger partial charge on any atom is -0.343 e. The normalized spacial score (nSPS) is 10.2. The fourth-order valence-corrected chi connectivity index (χ4v) is 2.61. The molecule has 6 nitrogen and oxygen atoms in total. The predicted octanol–water partition coefficient (Wildman–Crippen LogP) is 2.57. The first-order valence-corrected chi connectivity index (χ1v) is 8.13. The van der Waals surface area contributed by atoms with Gasteiger partial charge in [0.15, 0.2) is 0 Å². The van der Waals surface area contributed by atoms with E-state index in [1.165, 1.54) is 17.5 Å². The Labute approximate surface area is 142 Å². The maximum atomic E-state index is 12.1. The summed E-state index contributed by atoms with van der Waals surface area (Å²) in [6.07, 6.45) is 3.16. The summed E-state index contributed by atoms with van der Waals surface area (Å²) in [4.78, 5) is 32.0. The number of hydrogen-bond acceptors (Lipinski definition) is 5. The molecular weight excluding hydrogens is 324 g/mol. The van der Waals surface area contributed by atoms with E-state index >= 15 is 0 Å². The van der Waals surface area contributed by atoms with Gasteiger partial charge >= 0.3 is 0 Å². The van der Waals surface area contributed by atoms with Gasteiger partial charge in [-0.1, -0.05) is 12.1 Å². The van der Waals surface area contributed by atoms with Crippen molar-refractivity contribution in [3.05, 3.63) is 65.2 Å². The molecular formula is C17H14N4O2S. The van der Waals surface area contributed by atoms with Crippen molar-refractivity contribution in [2.24, 2.45) is 0 Å². The quantitative estimate of drug-likeness (QED) is 0.749. The Morgan fingerprint density at radius 2 is 1.96 bits per heavy atom. The molecule has 3 rings (SSSR count). The zero-order valence-corrected chi connectivity index (χ0v) is 13.4. The molecule has 7 heteroatoms. The first-order valence-electron chi connectivity index (χ1n) is 7.19. The Bertz CT molecular complexity index is 818. The number of thiazole rings is 1. The van der Waals surface area contributed by atoms with Gasteiger partial charge < -0.3 is 10.6 Å². The summed E-state index contributed by atoms with van der Waals surface area (Å²) in [6.45, 7) is -0.110. The lowest BCUT2D eigenvalue weighted by atomic mass is 10.1. The van der Waals surface area contributed by atoms with Gasteiger partial charge in [-0.3, -0.25) is 14.6 Å². The topological polar surface area (TPSA) is 84.0 Å². The van der Waals surface area contributed by atoms with Gasteiger partial charge in [-0.25, -0.2) is 4.98 Å². The van der Waals surface area contributed by atoms with E-state index in [4.69, 9.17) is 0 Å². The highest BCUT2D eigenvalue weighted by atomic mass is 32.1. The summed E-state index contributed by atoms with van der Waals surface area (Å²) in [5, 5.41) is 7.18. The standard InChI is InChI=1S/C17H14N4O2S/c22-16(21-14-2-1-7-18-8-14)9-19-17(23)13-5-3-12(4-6-13)15-10-24-11-20-15/h1-8,10-11H,9H2,(H,19,23)(H,21,22). The fraction of sp³-hybridized carbons (Fsp3) is 0.0588. The molecule has 0 aliphatic carbocycles. The maximum Gasteiger partial charge on any atom is 0.251 e. The first kappa shape index (κ1) is 15.8. The molecule has 2 heterocycles. The SMILES string of the molecule is O=C(CNC(=O)c1ccc(-c2cscn2)cc1)Nc1cccnc1. The van der Waals surface area contributed by atoms with E-state index in [-0.39, 0.29) is 18.4 Å². The number of benzene rings is 1. The Morgan fingerprint density at radius 1 is 1.12 bits per heavy atom. The first-order chi connectivity index (χ1) is 11.7. The van der Waals surface area contributed by atoms with Gasteiger partial charge in [0.1, 0.15) is 0 Å². The molecule has 0 aliphatic rings. The second kappa shape index (κ2) is 7.47. The third-order valence-corrected chi connectivity index (χ3v) is 3.82. The second-order valence-corrected chi connectivity index (χ2v) is 5.64. The fourth-order valence-electron chi connectivity index (χ4n) is 2.05. The molecule has 0 aliphatic heterocycles. The summed E-state index contributed by atoms with van der Waals surface area (Å²) in [6, 6.07) is 10.5. The van der Waals surface area contributed by atoms with E-state index in [0.717, 1.165) is 11.3 Å². The highest BCUT2D eigenvalue weighted by molar-refractivity contribution is 7.07. The number of pyridine rings is 1. The molecule has 0 fully saturated rings. The average Bonchev–Trinajstić information content (AvgIpc) is 3.15. The van der Waals surface area contributed by atoms with E-state index in [9.17, 15) is 9.59 Å². The second-order valence-electron chi connectivity index (χ2n) is 4.92. The van der Waals surface area contributed by atoms with E-state index < -0.39 is 0 Å². The van der Waals surface area contributed by atoms with Gasteiger partial charge in [-0.15, -0.1) is 11.3 Å². The van der Waals surface area contributed by atoms with Crippen LogP contribution in [-0.4, -0.2) is 28.3 Å². The molecule has 0 atom stereocenters. The number of nitrogens with zero attached hydrogens (tertiary/aromatic N) is 2. The van der Waals surface area contributed by atoms with Crippen LogP contribution in [0.25, 0.3) is 11.3 Å². The molecule has 0 saturated heterocycles. The number of nitrogens with one attached hydrogen (secondary N) is 2. The van der Waals surface area contributed by atoms with E-state index in [1.54, 1.807) is 36.0 Å². The molecule has 24 heavy (non-hydrogen) atoms. The Hall–Kier alpha value is -3.06. The van der Waals surface area contributed by atoms with Crippen LogP contribution in [-0.2, 0) is 4.79 Å². The average molecular weight is 338 g/mol. The highest BCUT2D eigenvalue weighted by Crippen LogP contribution is 2.19. The van der Waals surface area contributed by atoms with Crippen LogP contribution in [0.15, 0.2) is 59.7 Å². The maximum absolute atomic E-state index is 12.1. The van der Waals surface area contributed by atoms with Gasteiger partial charge in [-0.05, 0) is 24.3 Å². The summed E-state index contributed by atoms with van der Waals surface area (Å²) < 4.78 is 0. The minimum atomic E-state index is -0.310. The van der Waals surface area contributed by atoms with Crippen molar-refractivity contribution in [2.75, 3.05) is 11.9 Å². The Morgan fingerprint density at radius 3 is 2.62 bits per heavy atom. The summed E-state index contributed by atoms with van der Waals surface area (Å²) in [5.74, 6) is -0.614. The van der Waals surface area contributed by atoms with Crippen LogP contribution in [0.1, 0.15) is 10.4 Å². The van der Waals surface area contributed by atoms with Gasteiger partial charge in [-0.2, -0.15) is 0 Å². The number of amides is 2. The largest absolute Gasteiger partial charge is 0.343 e. The van der Waals surface area contributed by atoms with Gasteiger partial charge in [0.05, 0.1) is 29.6 Å². The van der Waals surface area contributed by atoms with Gasteiger partial charge in [0, 0.05) is 22.7 Å². The van der Waals surface area contributed by atoms with Gasteiger partial charge in [0.2, 0.25) is 5.91 Å². The van der Waals surface area contributed by atoms with Crippen LogP contribution in [0.4, 0.5) is 5.69 Å². The number of anilines is 1. The molecule has 1 aromatic carbocycles. The number of carbonyl (C=O) groups is 2. The lowest BCUT2D eigenvalue weighted by molar-refractivity contribution is -0.115. The van der Waals surface area contributed by atoms with E-state index in [2.05, 4.69) is 20.6 Å². The summed E-state index contributed by atoms with van der Waals surface area (Å²) >= 11 is 1.52. The zero-order valence-electron chi connectivity index (χ0n) is 12.6. The van der Waals surface area contributed by atoms with Crippen LogP contribution in [0, 0.1) is 0 Å². The minimum absolute atomic E-state index is 0.110. The van der Waals surface area contributed by atoms with Crippen molar-refractivity contribution in [3.8, 4) is 11.3 Å². The van der Waals surface area contributed by atoms with Crippen molar-refractivity contribution in [2.45, 2.75) is 0 Å². The van der Waals surface area contributed by atoms with E-state index in [1.807, 2.05) is 17.5 Å². The van der Waals surface area contributed by atoms with Crippen molar-refractivity contribution in [1.82, 2.24) is 15.3 Å². The van der Waals surface area contributed by atoms with E-state index in [0.29, 0.717) is 11.3 Å². The highest BCUT2D eigenvalue weighted by Gasteiger charge is 2.09. The van der Waals surface area contributed by atoms with Crippen LogP contribution in [0.5, 0.6) is 0 Å². The molecule has 2 amide bonds. The van der Waals surface area contributed by atoms with Crippen LogP contribution < -0.4 is 10.6 Å². The number of aromatic nitrogens is 2. The molecule has 0 unspecified atom stereocenters. The van der Waals surface area contributed by atoms with Crippen molar-refractivity contribution >= 4 is 28.8 Å². The molecule has 0 radical (unpaired) electrons. The molecule has 0 saturated carbocycles. The van der Waals surface area contributed by atoms with Crippen molar-refractivity contribution in [3.63, 3.8) is 0 Å². The monoisotopic (exact) mass is 338 g/mol. The van der Waals surface area contributed by atoms with Gasteiger partial charge in [0.25, 0.3) is 5.91 Å². The van der Waals surface area contributed by atoms with Crippen LogP contribution in [0.3, 0.4) is 0 Å². The number of carbonyl (C=O) groups excluding carboxylic acids is 2. The molecule has 2 aromatic heterocycles. The molecule has 3 aromatic rings. The summed E-state index contributed by atoms with van der Waals surface area (Å²) in [7, 11) is 0. The van der Waals surface area contributed by atoms with Crippen molar-refractivity contribution < 1.29 is 9.59 Å². The molecule has 2 N–H and O–H groups in total. The smallest absolute Gasteiger partial charge is 0.251 e. The zero-order chi connectivity index (χ0) is 16.8. The lowest BCUT2D eigenvalue weighted by Gasteiger charge is -2.07.